The maximum Gasteiger partial charge on any atom is 0.326 e. The van der Waals surface area contributed by atoms with E-state index in [1.165, 1.54) is 0 Å². The average molecular weight is 245 g/mol. The van der Waals surface area contributed by atoms with Crippen molar-refractivity contribution in [1.29, 1.82) is 0 Å². The van der Waals surface area contributed by atoms with Crippen LogP contribution in [0.2, 0.25) is 0 Å². The molecular formula is C7H11N5O3S. The van der Waals surface area contributed by atoms with Gasteiger partial charge in [-0.1, -0.05) is 23.4 Å². The molecule has 0 aliphatic carbocycles. The van der Waals surface area contributed by atoms with Crippen LogP contribution in [0.3, 0.4) is 0 Å². The van der Waals surface area contributed by atoms with Crippen LogP contribution < -0.4 is 10.6 Å². The minimum atomic E-state index is -1.08. The SMILES string of the molecule is CC(C)[C@H](NC(=O)Nc1nnns1)C(=O)O. The second-order valence-electron chi connectivity index (χ2n) is 3.33. The summed E-state index contributed by atoms with van der Waals surface area (Å²) < 4.78 is 3.45. The fourth-order valence-corrected chi connectivity index (χ4v) is 1.33. The maximum absolute atomic E-state index is 11.4. The molecule has 9 heteroatoms. The zero-order chi connectivity index (χ0) is 12.1. The van der Waals surface area contributed by atoms with Crippen LogP contribution >= 0.6 is 11.5 Å². The van der Waals surface area contributed by atoms with E-state index in [9.17, 15) is 9.59 Å². The molecule has 0 unspecified atom stereocenters. The number of nitrogens with one attached hydrogen (secondary N) is 2. The van der Waals surface area contributed by atoms with E-state index in [-0.39, 0.29) is 11.0 Å². The molecule has 2 amide bonds. The third-order valence-corrected chi connectivity index (χ3v) is 2.25. The number of carbonyl (C=O) groups excluding carboxylic acids is 1. The van der Waals surface area contributed by atoms with Gasteiger partial charge < -0.3 is 10.4 Å². The molecule has 1 aromatic heterocycles. The molecule has 0 saturated heterocycles. The lowest BCUT2D eigenvalue weighted by Crippen LogP contribution is -2.46. The largest absolute Gasteiger partial charge is 0.480 e. The quantitative estimate of drug-likeness (QED) is 0.695. The number of amides is 2. The molecule has 0 aliphatic heterocycles. The van der Waals surface area contributed by atoms with Crippen LogP contribution in [0.25, 0.3) is 0 Å². The van der Waals surface area contributed by atoms with Crippen LogP contribution in [0.1, 0.15) is 13.8 Å². The van der Waals surface area contributed by atoms with Crippen LogP contribution in [0.5, 0.6) is 0 Å². The standard InChI is InChI=1S/C7H11N5O3S/c1-3(2)4(5(13)14)8-6(15)9-7-10-11-12-16-7/h3-4H,1-2H3,(H,13,14)(H2,8,9,10,12,15)/t4-/m0/s1. The molecule has 3 N–H and O–H groups in total. The van der Waals surface area contributed by atoms with E-state index >= 15 is 0 Å². The van der Waals surface area contributed by atoms with Gasteiger partial charge in [0.1, 0.15) is 6.04 Å². The van der Waals surface area contributed by atoms with Gasteiger partial charge in [0.2, 0.25) is 5.13 Å². The van der Waals surface area contributed by atoms with E-state index in [4.69, 9.17) is 5.11 Å². The van der Waals surface area contributed by atoms with Crippen LogP contribution in [-0.4, -0.2) is 37.9 Å². The molecule has 0 fully saturated rings. The highest BCUT2D eigenvalue weighted by atomic mass is 32.1. The van der Waals surface area contributed by atoms with E-state index in [0.717, 1.165) is 11.5 Å². The molecule has 0 radical (unpaired) electrons. The summed E-state index contributed by atoms with van der Waals surface area (Å²) >= 11 is 0.904. The number of aliphatic carboxylic acids is 1. The van der Waals surface area contributed by atoms with Gasteiger partial charge in [0.15, 0.2) is 0 Å². The number of rotatable bonds is 4. The summed E-state index contributed by atoms with van der Waals surface area (Å²) in [4.78, 5) is 22.2. The first-order valence-corrected chi connectivity index (χ1v) is 5.23. The number of hydrogen-bond acceptors (Lipinski definition) is 6. The number of anilines is 1. The molecule has 0 aliphatic rings. The summed E-state index contributed by atoms with van der Waals surface area (Å²) in [5.74, 6) is -1.30. The van der Waals surface area contributed by atoms with E-state index in [2.05, 4.69) is 25.4 Å². The summed E-state index contributed by atoms with van der Waals surface area (Å²) in [7, 11) is 0. The van der Waals surface area contributed by atoms with Gasteiger partial charge in [0, 0.05) is 11.5 Å². The second kappa shape index (κ2) is 5.35. The third-order valence-electron chi connectivity index (χ3n) is 1.74. The Bertz CT molecular complexity index is 366. The van der Waals surface area contributed by atoms with Gasteiger partial charge in [-0.15, -0.1) is 0 Å². The average Bonchev–Trinajstić information content (AvgIpc) is 2.65. The lowest BCUT2D eigenvalue weighted by atomic mass is 10.1. The Hall–Kier alpha value is -1.77. The first-order valence-electron chi connectivity index (χ1n) is 4.46. The Morgan fingerprint density at radius 1 is 1.44 bits per heavy atom. The molecule has 0 aromatic carbocycles. The fourth-order valence-electron chi connectivity index (χ4n) is 0.970. The highest BCUT2D eigenvalue weighted by Crippen LogP contribution is 2.06. The number of urea groups is 1. The minimum Gasteiger partial charge on any atom is -0.480 e. The monoisotopic (exact) mass is 245 g/mol. The number of carboxylic acid groups (broad SMARTS) is 1. The van der Waals surface area contributed by atoms with Crippen molar-refractivity contribution in [3.8, 4) is 0 Å². The first-order chi connectivity index (χ1) is 7.50. The fraction of sp³-hybridized carbons (Fsp3) is 0.571. The van der Waals surface area contributed by atoms with Gasteiger partial charge in [0.25, 0.3) is 0 Å². The molecule has 1 atom stereocenters. The summed E-state index contributed by atoms with van der Waals surface area (Å²) in [6, 6.07) is -1.58. The van der Waals surface area contributed by atoms with Crippen LogP contribution in [-0.2, 0) is 4.79 Å². The van der Waals surface area contributed by atoms with Crippen LogP contribution in [0, 0.1) is 5.92 Å². The lowest BCUT2D eigenvalue weighted by molar-refractivity contribution is -0.140. The van der Waals surface area contributed by atoms with E-state index in [1.54, 1.807) is 13.8 Å². The van der Waals surface area contributed by atoms with Crippen molar-refractivity contribution in [2.24, 2.45) is 5.92 Å². The van der Waals surface area contributed by atoms with Crippen molar-refractivity contribution >= 4 is 28.7 Å². The summed E-state index contributed by atoms with van der Waals surface area (Å²) in [6.45, 7) is 3.40. The zero-order valence-corrected chi connectivity index (χ0v) is 9.48. The molecule has 16 heavy (non-hydrogen) atoms. The predicted octanol–water partition coefficient (Wildman–Crippen LogP) is 0.164. The molecule has 0 bridgehead atoms. The predicted molar refractivity (Wildman–Crippen MR) is 56.1 cm³/mol. The van der Waals surface area contributed by atoms with Crippen molar-refractivity contribution in [2.45, 2.75) is 19.9 Å². The van der Waals surface area contributed by atoms with Crippen molar-refractivity contribution in [3.63, 3.8) is 0 Å². The van der Waals surface area contributed by atoms with Crippen molar-refractivity contribution in [3.05, 3.63) is 0 Å². The van der Waals surface area contributed by atoms with Crippen molar-refractivity contribution < 1.29 is 14.7 Å². The zero-order valence-electron chi connectivity index (χ0n) is 8.67. The molecule has 0 saturated carbocycles. The summed E-state index contributed by atoms with van der Waals surface area (Å²) in [5.41, 5.74) is 0. The van der Waals surface area contributed by atoms with Gasteiger partial charge in [0.05, 0.1) is 0 Å². The first kappa shape index (κ1) is 12.3. The molecular weight excluding hydrogens is 234 g/mol. The summed E-state index contributed by atoms with van der Waals surface area (Å²) in [6.07, 6.45) is 0. The Morgan fingerprint density at radius 3 is 2.56 bits per heavy atom. The smallest absolute Gasteiger partial charge is 0.326 e. The van der Waals surface area contributed by atoms with Crippen LogP contribution in [0.15, 0.2) is 0 Å². The van der Waals surface area contributed by atoms with Crippen molar-refractivity contribution in [1.82, 2.24) is 20.1 Å². The molecule has 1 aromatic rings. The Labute approximate surface area is 95.2 Å². The highest BCUT2D eigenvalue weighted by Gasteiger charge is 2.23. The summed E-state index contributed by atoms with van der Waals surface area (Å²) in [5, 5.41) is 20.5. The minimum absolute atomic E-state index is 0.212. The van der Waals surface area contributed by atoms with Crippen molar-refractivity contribution in [2.75, 3.05) is 5.32 Å². The maximum atomic E-state index is 11.4. The number of carboxylic acids is 1. The number of carbonyl (C=O) groups is 2. The molecule has 1 heterocycles. The van der Waals surface area contributed by atoms with Gasteiger partial charge in [-0.2, -0.15) is 0 Å². The van der Waals surface area contributed by atoms with Gasteiger partial charge in [-0.25, -0.2) is 9.59 Å². The third kappa shape index (κ3) is 3.42. The molecule has 88 valence electrons. The van der Waals surface area contributed by atoms with Crippen LogP contribution in [0.4, 0.5) is 9.93 Å². The molecule has 1 rings (SSSR count). The van der Waals surface area contributed by atoms with E-state index < -0.39 is 18.0 Å². The highest BCUT2D eigenvalue weighted by molar-refractivity contribution is 7.09. The number of aromatic nitrogens is 3. The topological polar surface area (TPSA) is 117 Å². The van der Waals surface area contributed by atoms with Gasteiger partial charge in [-0.3, -0.25) is 5.32 Å². The number of hydrogen-bond donors (Lipinski definition) is 3. The number of nitrogens with zero attached hydrogens (tertiary/aromatic N) is 3. The Kier molecular flexibility index (Phi) is 4.11. The van der Waals surface area contributed by atoms with E-state index in [0.29, 0.717) is 0 Å². The van der Waals surface area contributed by atoms with E-state index in [1.807, 2.05) is 0 Å². The normalized spacial score (nSPS) is 12.2. The molecule has 0 spiro atoms. The molecule has 8 nitrogen and oxygen atoms in total. The van der Waals surface area contributed by atoms with Gasteiger partial charge >= 0.3 is 12.0 Å². The Morgan fingerprint density at radius 2 is 2.12 bits per heavy atom. The second-order valence-corrected chi connectivity index (χ2v) is 4.06. The Balaban J connectivity index is 2.52. The van der Waals surface area contributed by atoms with Gasteiger partial charge in [-0.05, 0) is 11.1 Å². The lowest BCUT2D eigenvalue weighted by Gasteiger charge is -2.17.